The van der Waals surface area contributed by atoms with Crippen LogP contribution in [0.2, 0.25) is 0 Å². The van der Waals surface area contributed by atoms with Gasteiger partial charge in [-0.25, -0.2) is 0 Å². The van der Waals surface area contributed by atoms with Crippen molar-refractivity contribution in [3.63, 3.8) is 0 Å². The molecule has 1 saturated carbocycles. The maximum absolute atomic E-state index is 5.62. The van der Waals surface area contributed by atoms with E-state index in [2.05, 4.69) is 22.3 Å². The molecule has 4 nitrogen and oxygen atoms in total. The van der Waals surface area contributed by atoms with Crippen molar-refractivity contribution in [2.45, 2.75) is 31.3 Å². The molecule has 0 aromatic heterocycles. The van der Waals surface area contributed by atoms with Crippen molar-refractivity contribution >= 4 is 5.69 Å². The minimum Gasteiger partial charge on any atom is -0.486 e. The van der Waals surface area contributed by atoms with E-state index in [4.69, 9.17) is 9.47 Å². The Kier molecular flexibility index (Phi) is 2.76. The van der Waals surface area contributed by atoms with Gasteiger partial charge in [-0.15, -0.1) is 0 Å². The Morgan fingerprint density at radius 2 is 1.89 bits per heavy atom. The van der Waals surface area contributed by atoms with Gasteiger partial charge in [0.25, 0.3) is 0 Å². The molecule has 1 saturated heterocycles. The van der Waals surface area contributed by atoms with Crippen LogP contribution in [0.15, 0.2) is 18.2 Å². The largest absolute Gasteiger partial charge is 0.486 e. The molecule has 0 bridgehead atoms. The van der Waals surface area contributed by atoms with Crippen LogP contribution in [-0.4, -0.2) is 43.3 Å². The molecule has 102 valence electrons. The molecule has 1 aromatic carbocycles. The molecule has 2 heterocycles. The van der Waals surface area contributed by atoms with Crippen LogP contribution in [0, 0.1) is 0 Å². The number of hydrogen-bond acceptors (Lipinski definition) is 4. The van der Waals surface area contributed by atoms with Crippen molar-refractivity contribution < 1.29 is 9.47 Å². The zero-order valence-corrected chi connectivity index (χ0v) is 11.1. The van der Waals surface area contributed by atoms with E-state index in [9.17, 15) is 0 Å². The first-order valence-electron chi connectivity index (χ1n) is 7.29. The average Bonchev–Trinajstić information content (AvgIpc) is 3.20. The standard InChI is InChI=1S/C15H20N2O2/c1-4-14-15(19-8-7-18-14)9-11(1)16-12-5-6-17(10-12)13-2-3-13/h1,4,9,12-13,16H,2-3,5-8,10H2. The lowest BCUT2D eigenvalue weighted by molar-refractivity contribution is 0.171. The highest BCUT2D eigenvalue weighted by molar-refractivity contribution is 5.55. The first-order valence-corrected chi connectivity index (χ1v) is 7.29. The molecular formula is C15H20N2O2. The Morgan fingerprint density at radius 1 is 1.05 bits per heavy atom. The molecule has 2 fully saturated rings. The number of rotatable bonds is 3. The zero-order chi connectivity index (χ0) is 12.7. The number of hydrogen-bond donors (Lipinski definition) is 1. The van der Waals surface area contributed by atoms with Gasteiger partial charge < -0.3 is 14.8 Å². The lowest BCUT2D eigenvalue weighted by atomic mass is 10.2. The van der Waals surface area contributed by atoms with Crippen LogP contribution in [-0.2, 0) is 0 Å². The molecule has 0 spiro atoms. The molecule has 19 heavy (non-hydrogen) atoms. The maximum Gasteiger partial charge on any atom is 0.163 e. The summed E-state index contributed by atoms with van der Waals surface area (Å²) in [6.45, 7) is 3.72. The molecule has 3 aliphatic rings. The number of likely N-dealkylation sites (tertiary alicyclic amines) is 1. The van der Waals surface area contributed by atoms with Gasteiger partial charge in [0.1, 0.15) is 13.2 Å². The van der Waals surface area contributed by atoms with E-state index in [1.54, 1.807) is 0 Å². The molecule has 1 N–H and O–H groups in total. The van der Waals surface area contributed by atoms with Gasteiger partial charge in [0, 0.05) is 36.9 Å². The monoisotopic (exact) mass is 260 g/mol. The second-order valence-electron chi connectivity index (χ2n) is 5.71. The Hall–Kier alpha value is -1.42. The van der Waals surface area contributed by atoms with Gasteiger partial charge in [0.05, 0.1) is 0 Å². The molecule has 1 unspecified atom stereocenters. The fraction of sp³-hybridized carbons (Fsp3) is 0.600. The molecule has 0 radical (unpaired) electrons. The van der Waals surface area contributed by atoms with Gasteiger partial charge in [-0.2, -0.15) is 0 Å². The highest BCUT2D eigenvalue weighted by Crippen LogP contribution is 2.34. The van der Waals surface area contributed by atoms with Gasteiger partial charge in [-0.05, 0) is 31.4 Å². The van der Waals surface area contributed by atoms with Crippen molar-refractivity contribution in [2.75, 3.05) is 31.6 Å². The third-order valence-corrected chi connectivity index (χ3v) is 4.20. The van der Waals surface area contributed by atoms with Crippen LogP contribution in [0.1, 0.15) is 19.3 Å². The van der Waals surface area contributed by atoms with E-state index in [1.165, 1.54) is 32.4 Å². The Labute approximate surface area is 113 Å². The second kappa shape index (κ2) is 4.60. The topological polar surface area (TPSA) is 33.7 Å². The highest BCUT2D eigenvalue weighted by atomic mass is 16.6. The molecule has 2 aliphatic heterocycles. The zero-order valence-electron chi connectivity index (χ0n) is 11.1. The van der Waals surface area contributed by atoms with E-state index >= 15 is 0 Å². The van der Waals surface area contributed by atoms with Crippen LogP contribution in [0.25, 0.3) is 0 Å². The van der Waals surface area contributed by atoms with Crippen molar-refractivity contribution in [1.82, 2.24) is 4.90 Å². The van der Waals surface area contributed by atoms with Crippen molar-refractivity contribution in [2.24, 2.45) is 0 Å². The van der Waals surface area contributed by atoms with E-state index < -0.39 is 0 Å². The Balaban J connectivity index is 1.42. The summed E-state index contributed by atoms with van der Waals surface area (Å²) in [5, 5.41) is 3.63. The molecule has 4 heteroatoms. The fourth-order valence-electron chi connectivity index (χ4n) is 3.05. The van der Waals surface area contributed by atoms with Gasteiger partial charge in [-0.1, -0.05) is 0 Å². The van der Waals surface area contributed by atoms with Crippen molar-refractivity contribution in [3.05, 3.63) is 18.2 Å². The third-order valence-electron chi connectivity index (χ3n) is 4.20. The average molecular weight is 260 g/mol. The first-order chi connectivity index (χ1) is 9.38. The summed E-state index contributed by atoms with van der Waals surface area (Å²) < 4.78 is 11.2. The Bertz CT molecular complexity index is 473. The van der Waals surface area contributed by atoms with Crippen molar-refractivity contribution in [3.8, 4) is 11.5 Å². The number of anilines is 1. The predicted octanol–water partition coefficient (Wildman–Crippen LogP) is 2.11. The SMILES string of the molecule is c1cc2c(cc1NC1CCN(C3CC3)C1)OCCO2. The summed E-state index contributed by atoms with van der Waals surface area (Å²) in [5.41, 5.74) is 1.15. The van der Waals surface area contributed by atoms with Gasteiger partial charge in [-0.3, -0.25) is 4.90 Å². The molecule has 0 amide bonds. The summed E-state index contributed by atoms with van der Waals surface area (Å²) in [6.07, 6.45) is 4.04. The maximum atomic E-state index is 5.62. The molecule has 1 atom stereocenters. The molecule has 4 rings (SSSR count). The first kappa shape index (κ1) is 11.4. The number of benzene rings is 1. The normalized spacial score (nSPS) is 26.4. The third kappa shape index (κ3) is 2.37. The molecular weight excluding hydrogens is 240 g/mol. The quantitative estimate of drug-likeness (QED) is 0.902. The van der Waals surface area contributed by atoms with E-state index in [0.29, 0.717) is 19.3 Å². The summed E-state index contributed by atoms with van der Waals surface area (Å²) in [4.78, 5) is 2.62. The van der Waals surface area contributed by atoms with Crippen LogP contribution in [0.3, 0.4) is 0 Å². The Morgan fingerprint density at radius 3 is 2.74 bits per heavy atom. The smallest absolute Gasteiger partial charge is 0.163 e. The minimum atomic E-state index is 0.572. The minimum absolute atomic E-state index is 0.572. The van der Waals surface area contributed by atoms with E-state index in [1.807, 2.05) is 6.07 Å². The lowest BCUT2D eigenvalue weighted by Gasteiger charge is -2.21. The van der Waals surface area contributed by atoms with Gasteiger partial charge in [0.2, 0.25) is 0 Å². The summed E-state index contributed by atoms with van der Waals surface area (Å²) in [6, 6.07) is 7.61. The molecule has 1 aromatic rings. The lowest BCUT2D eigenvalue weighted by Crippen LogP contribution is -2.27. The second-order valence-corrected chi connectivity index (χ2v) is 5.71. The number of ether oxygens (including phenoxy) is 2. The highest BCUT2D eigenvalue weighted by Gasteiger charge is 2.34. The number of nitrogens with zero attached hydrogens (tertiary/aromatic N) is 1. The molecule has 1 aliphatic carbocycles. The van der Waals surface area contributed by atoms with Crippen LogP contribution in [0.5, 0.6) is 11.5 Å². The van der Waals surface area contributed by atoms with E-state index in [-0.39, 0.29) is 0 Å². The van der Waals surface area contributed by atoms with Gasteiger partial charge in [0.15, 0.2) is 11.5 Å². The van der Waals surface area contributed by atoms with E-state index in [0.717, 1.165) is 23.2 Å². The van der Waals surface area contributed by atoms with Crippen molar-refractivity contribution in [1.29, 1.82) is 0 Å². The summed E-state index contributed by atoms with van der Waals surface area (Å²) in [5.74, 6) is 1.73. The number of fused-ring (bicyclic) bond motifs is 1. The van der Waals surface area contributed by atoms with Crippen LogP contribution in [0.4, 0.5) is 5.69 Å². The summed E-state index contributed by atoms with van der Waals surface area (Å²) in [7, 11) is 0. The fourth-order valence-corrected chi connectivity index (χ4v) is 3.05. The van der Waals surface area contributed by atoms with Crippen LogP contribution >= 0.6 is 0 Å². The predicted molar refractivity (Wildman–Crippen MR) is 74.1 cm³/mol. The van der Waals surface area contributed by atoms with Crippen LogP contribution < -0.4 is 14.8 Å². The summed E-state index contributed by atoms with van der Waals surface area (Å²) >= 11 is 0. The van der Waals surface area contributed by atoms with Gasteiger partial charge >= 0.3 is 0 Å². The number of nitrogens with one attached hydrogen (secondary N) is 1.